The third-order valence-corrected chi connectivity index (χ3v) is 3.49. The first-order chi connectivity index (χ1) is 9.61. The zero-order chi connectivity index (χ0) is 14.5. The highest BCUT2D eigenvalue weighted by molar-refractivity contribution is 6.02. The lowest BCUT2D eigenvalue weighted by Gasteiger charge is -2.12. The van der Waals surface area contributed by atoms with E-state index in [0.717, 1.165) is 41.7 Å². The van der Waals surface area contributed by atoms with Crippen molar-refractivity contribution in [2.45, 2.75) is 25.7 Å². The Morgan fingerprint density at radius 2 is 2.05 bits per heavy atom. The van der Waals surface area contributed by atoms with Gasteiger partial charge in [-0.15, -0.1) is 0 Å². The summed E-state index contributed by atoms with van der Waals surface area (Å²) >= 11 is 0. The molecule has 0 fully saturated rings. The van der Waals surface area contributed by atoms with Crippen molar-refractivity contribution in [1.29, 1.82) is 0 Å². The molecular weight excluding hydrogens is 252 g/mol. The van der Waals surface area contributed by atoms with Crippen LogP contribution in [0.25, 0.3) is 0 Å². The fraction of sp³-hybridized carbons (Fsp3) is 0.353. The zero-order valence-corrected chi connectivity index (χ0v) is 11.9. The van der Waals surface area contributed by atoms with Gasteiger partial charge in [-0.3, -0.25) is 4.79 Å². The quantitative estimate of drug-likeness (QED) is 0.561. The number of methoxy groups -OCH3 is 1. The Bertz CT molecular complexity index is 543. The van der Waals surface area contributed by atoms with Crippen molar-refractivity contribution in [3.63, 3.8) is 0 Å². The Balaban J connectivity index is 1.92. The number of carbonyl (C=O) groups is 1. The van der Waals surface area contributed by atoms with Crippen molar-refractivity contribution in [2.24, 2.45) is 0 Å². The second-order valence-corrected chi connectivity index (χ2v) is 4.99. The molecule has 0 bridgehead atoms. The van der Waals surface area contributed by atoms with Gasteiger partial charge in [0.15, 0.2) is 5.78 Å². The lowest BCUT2D eigenvalue weighted by molar-refractivity contribution is 0.0991. The largest absolute Gasteiger partial charge is 0.502 e. The second-order valence-electron chi connectivity index (χ2n) is 4.99. The number of allylic oxidation sites excluding steroid dienone is 1. The van der Waals surface area contributed by atoms with Gasteiger partial charge in [0.2, 0.25) is 0 Å². The Morgan fingerprint density at radius 3 is 2.80 bits per heavy atom. The summed E-state index contributed by atoms with van der Waals surface area (Å²) in [6.07, 6.45) is 2.92. The summed E-state index contributed by atoms with van der Waals surface area (Å²) in [7, 11) is 1.61. The topological polar surface area (TPSA) is 35.5 Å². The Kier molecular flexibility index (Phi) is 4.61. The van der Waals surface area contributed by atoms with Crippen LogP contribution in [0, 0.1) is 0 Å². The van der Waals surface area contributed by atoms with Gasteiger partial charge >= 0.3 is 0 Å². The summed E-state index contributed by atoms with van der Waals surface area (Å²) in [5.74, 6) is 1.59. The van der Waals surface area contributed by atoms with Crippen molar-refractivity contribution < 1.29 is 14.3 Å². The first kappa shape index (κ1) is 14.4. The molecule has 0 N–H and O–H groups in total. The molecule has 1 aromatic carbocycles. The van der Waals surface area contributed by atoms with Gasteiger partial charge < -0.3 is 9.47 Å². The number of aryl methyl sites for hydroxylation is 1. The minimum atomic E-state index is 0.175. The van der Waals surface area contributed by atoms with Crippen LogP contribution in [0.15, 0.2) is 42.7 Å². The Labute approximate surface area is 119 Å². The molecule has 0 saturated carbocycles. The number of rotatable bonds is 7. The van der Waals surface area contributed by atoms with E-state index < -0.39 is 0 Å². The number of ketones is 1. The minimum absolute atomic E-state index is 0.175. The van der Waals surface area contributed by atoms with E-state index in [0.29, 0.717) is 18.8 Å². The molecule has 0 spiro atoms. The molecule has 0 saturated heterocycles. The molecule has 0 unspecified atom stereocenters. The maximum absolute atomic E-state index is 11.9. The maximum Gasteiger partial charge on any atom is 0.167 e. The zero-order valence-electron chi connectivity index (χ0n) is 11.9. The van der Waals surface area contributed by atoms with E-state index in [4.69, 9.17) is 9.47 Å². The van der Waals surface area contributed by atoms with Gasteiger partial charge in [-0.2, -0.15) is 0 Å². The van der Waals surface area contributed by atoms with Crippen molar-refractivity contribution in [1.82, 2.24) is 0 Å². The first-order valence-corrected chi connectivity index (χ1v) is 6.78. The molecule has 0 heterocycles. The molecule has 0 radical (unpaired) electrons. The number of Topliss-reactive ketones (excluding diaryl/α,β-unsaturated/α-hetero) is 1. The molecular formula is C17H20O3. The lowest BCUT2D eigenvalue weighted by atomic mass is 10.1. The molecule has 3 nitrogen and oxygen atoms in total. The molecule has 106 valence electrons. The number of ether oxygens (including phenoxy) is 2. The lowest BCUT2D eigenvalue weighted by Crippen LogP contribution is -2.05. The predicted molar refractivity (Wildman–Crippen MR) is 79.1 cm³/mol. The third kappa shape index (κ3) is 3.29. The number of hydrogen-bond donors (Lipinski definition) is 0. The minimum Gasteiger partial charge on any atom is -0.502 e. The summed E-state index contributed by atoms with van der Waals surface area (Å²) < 4.78 is 10.8. The molecule has 3 heteroatoms. The fourth-order valence-electron chi connectivity index (χ4n) is 2.27. The van der Waals surface area contributed by atoms with Crippen LogP contribution in [0.4, 0.5) is 0 Å². The summed E-state index contributed by atoms with van der Waals surface area (Å²) in [5.41, 5.74) is 2.80. The van der Waals surface area contributed by atoms with Crippen molar-refractivity contribution >= 4 is 5.78 Å². The average molecular weight is 272 g/mol. The molecule has 0 amide bonds. The highest BCUT2D eigenvalue weighted by Gasteiger charge is 2.23. The van der Waals surface area contributed by atoms with Gasteiger partial charge in [-0.25, -0.2) is 0 Å². The van der Waals surface area contributed by atoms with Crippen molar-refractivity contribution in [2.75, 3.05) is 13.7 Å². The molecule has 0 atom stereocenters. The number of fused-ring (bicyclic) bond motifs is 1. The van der Waals surface area contributed by atoms with Crippen molar-refractivity contribution in [3.05, 3.63) is 53.8 Å². The van der Waals surface area contributed by atoms with E-state index in [-0.39, 0.29) is 5.78 Å². The van der Waals surface area contributed by atoms with E-state index in [9.17, 15) is 4.79 Å². The van der Waals surface area contributed by atoms with E-state index in [2.05, 4.69) is 13.2 Å². The second kappa shape index (κ2) is 6.42. The van der Waals surface area contributed by atoms with E-state index in [1.165, 1.54) is 0 Å². The number of benzene rings is 1. The molecule has 0 aromatic heterocycles. The summed E-state index contributed by atoms with van der Waals surface area (Å²) in [6, 6.07) is 5.77. The highest BCUT2D eigenvalue weighted by Crippen LogP contribution is 2.30. The monoisotopic (exact) mass is 272 g/mol. The van der Waals surface area contributed by atoms with E-state index >= 15 is 0 Å². The van der Waals surface area contributed by atoms with Gasteiger partial charge in [0.05, 0.1) is 18.4 Å². The standard InChI is InChI=1S/C17H20O3/c1-12(7-8-13(2)19-3)11-20-16-6-4-5-14-9-10-15(18)17(14)16/h4-6H,1-2,7-11H2,3H3. The molecule has 2 rings (SSSR count). The van der Waals surface area contributed by atoms with Gasteiger partial charge in [0.25, 0.3) is 0 Å². The summed E-state index contributed by atoms with van der Waals surface area (Å²) in [5, 5.41) is 0. The normalized spacial score (nSPS) is 12.9. The SMILES string of the molecule is C=C(CCC(=C)OC)COc1cccc2c1C(=O)CC2. The molecule has 20 heavy (non-hydrogen) atoms. The van der Waals surface area contributed by atoms with Crippen LogP contribution in [0.3, 0.4) is 0 Å². The van der Waals surface area contributed by atoms with Crippen LogP contribution in [-0.4, -0.2) is 19.5 Å². The Morgan fingerprint density at radius 1 is 1.25 bits per heavy atom. The fourth-order valence-corrected chi connectivity index (χ4v) is 2.27. The predicted octanol–water partition coefficient (Wildman–Crippen LogP) is 3.69. The molecule has 1 aliphatic rings. The first-order valence-electron chi connectivity index (χ1n) is 6.78. The maximum atomic E-state index is 11.9. The average Bonchev–Trinajstić information content (AvgIpc) is 2.84. The highest BCUT2D eigenvalue weighted by atomic mass is 16.5. The smallest absolute Gasteiger partial charge is 0.167 e. The van der Waals surface area contributed by atoms with Crippen molar-refractivity contribution in [3.8, 4) is 5.75 Å². The van der Waals surface area contributed by atoms with Gasteiger partial charge in [-0.1, -0.05) is 25.3 Å². The van der Waals surface area contributed by atoms with Gasteiger partial charge in [-0.05, 0) is 30.0 Å². The van der Waals surface area contributed by atoms with Crippen LogP contribution in [0.5, 0.6) is 5.75 Å². The van der Waals surface area contributed by atoms with E-state index in [1.54, 1.807) is 7.11 Å². The number of carbonyl (C=O) groups excluding carboxylic acids is 1. The molecule has 1 aromatic rings. The van der Waals surface area contributed by atoms with Crippen LogP contribution in [-0.2, 0) is 11.2 Å². The third-order valence-electron chi connectivity index (χ3n) is 3.49. The molecule has 1 aliphatic carbocycles. The summed E-state index contributed by atoms with van der Waals surface area (Å²) in [4.78, 5) is 11.9. The number of hydrogen-bond acceptors (Lipinski definition) is 3. The van der Waals surface area contributed by atoms with E-state index in [1.807, 2.05) is 18.2 Å². The summed E-state index contributed by atoms with van der Waals surface area (Å²) in [6.45, 7) is 8.17. The van der Waals surface area contributed by atoms with Crippen LogP contribution < -0.4 is 4.74 Å². The van der Waals surface area contributed by atoms with Gasteiger partial charge in [0, 0.05) is 12.8 Å². The Hall–Kier alpha value is -2.03. The van der Waals surface area contributed by atoms with Gasteiger partial charge in [0.1, 0.15) is 12.4 Å². The van der Waals surface area contributed by atoms with Crippen LogP contribution >= 0.6 is 0 Å². The van der Waals surface area contributed by atoms with Crippen LogP contribution in [0.2, 0.25) is 0 Å². The molecule has 0 aliphatic heterocycles. The van der Waals surface area contributed by atoms with Crippen LogP contribution in [0.1, 0.15) is 35.2 Å².